The Hall–Kier alpha value is -1.64. The summed E-state index contributed by atoms with van der Waals surface area (Å²) in [7, 11) is 0. The van der Waals surface area contributed by atoms with Crippen molar-refractivity contribution in [2.45, 2.75) is 27.7 Å². The van der Waals surface area contributed by atoms with E-state index in [2.05, 4.69) is 23.4 Å². The molecule has 0 atom stereocenters. The van der Waals surface area contributed by atoms with Crippen molar-refractivity contribution >= 4 is 18.6 Å². The Morgan fingerprint density at radius 2 is 2.07 bits per heavy atom. The van der Waals surface area contributed by atoms with Crippen LogP contribution in [0.5, 0.6) is 0 Å². The van der Waals surface area contributed by atoms with Crippen LogP contribution in [0, 0.1) is 6.92 Å². The van der Waals surface area contributed by atoms with E-state index in [0.29, 0.717) is 0 Å². The summed E-state index contributed by atoms with van der Waals surface area (Å²) >= 11 is 0. The van der Waals surface area contributed by atoms with Crippen LogP contribution in [0.3, 0.4) is 0 Å². The Bertz CT molecular complexity index is 359. The number of hydrogen-bond acceptors (Lipinski definition) is 1. The summed E-state index contributed by atoms with van der Waals surface area (Å²) in [6.07, 6.45) is 3.33. The molecule has 0 saturated carbocycles. The van der Waals surface area contributed by atoms with E-state index < -0.39 is 0 Å². The fourth-order valence-corrected chi connectivity index (χ4v) is 1.01. The van der Waals surface area contributed by atoms with Gasteiger partial charge in [0.15, 0.2) is 0 Å². The third-order valence-electron chi connectivity index (χ3n) is 1.74. The van der Waals surface area contributed by atoms with E-state index in [4.69, 9.17) is 0 Å². The van der Waals surface area contributed by atoms with Crippen LogP contribution in [-0.4, -0.2) is 17.7 Å². The first-order valence-electron chi connectivity index (χ1n) is 4.98. The number of hydrogen-bond donors (Lipinski definition) is 0. The van der Waals surface area contributed by atoms with Gasteiger partial charge in [0.2, 0.25) is 0 Å². The SMILES string of the molecule is C=N/C=N\n1cc(C(=C)C)cc1C.CC. The molecular weight excluding hydrogens is 186 g/mol. The zero-order valence-electron chi connectivity index (χ0n) is 9.99. The molecule has 0 spiro atoms. The second-order valence-corrected chi connectivity index (χ2v) is 2.91. The van der Waals surface area contributed by atoms with Gasteiger partial charge in [-0.15, -0.1) is 0 Å². The number of allylic oxidation sites excluding steroid dienone is 1. The fraction of sp³-hybridized carbons (Fsp3) is 0.333. The molecule has 0 radical (unpaired) electrons. The third kappa shape index (κ3) is 3.94. The van der Waals surface area contributed by atoms with Crippen molar-refractivity contribution in [3.05, 3.63) is 30.1 Å². The Balaban J connectivity index is 0.000000921. The zero-order chi connectivity index (χ0) is 11.8. The highest BCUT2D eigenvalue weighted by atomic mass is 15.3. The molecule has 1 aromatic rings. The molecule has 0 aliphatic heterocycles. The van der Waals surface area contributed by atoms with Crippen LogP contribution < -0.4 is 0 Å². The molecule has 0 unspecified atom stereocenters. The maximum absolute atomic E-state index is 4.05. The predicted molar refractivity (Wildman–Crippen MR) is 68.7 cm³/mol. The minimum Gasteiger partial charge on any atom is -0.251 e. The normalized spacial score (nSPS) is 9.60. The van der Waals surface area contributed by atoms with E-state index in [-0.39, 0.29) is 0 Å². The van der Waals surface area contributed by atoms with E-state index in [1.54, 1.807) is 4.68 Å². The Kier molecular flexibility index (Phi) is 6.02. The van der Waals surface area contributed by atoms with Gasteiger partial charge in [-0.3, -0.25) is 4.99 Å². The van der Waals surface area contributed by atoms with Gasteiger partial charge in [-0.1, -0.05) is 20.4 Å². The van der Waals surface area contributed by atoms with Crippen LogP contribution in [-0.2, 0) is 0 Å². The number of aromatic nitrogens is 1. The summed E-state index contributed by atoms with van der Waals surface area (Å²) in [6.45, 7) is 15.1. The molecule has 0 aliphatic carbocycles. The fourth-order valence-electron chi connectivity index (χ4n) is 1.01. The van der Waals surface area contributed by atoms with Crippen LogP contribution >= 0.6 is 0 Å². The molecule has 1 heterocycles. The number of nitrogens with zero attached hydrogens (tertiary/aromatic N) is 3. The number of aryl methyl sites for hydroxylation is 1. The summed E-state index contributed by atoms with van der Waals surface area (Å²) < 4.78 is 1.75. The van der Waals surface area contributed by atoms with Crippen LogP contribution in [0.4, 0.5) is 0 Å². The van der Waals surface area contributed by atoms with Crippen molar-refractivity contribution in [3.8, 4) is 0 Å². The number of rotatable bonds is 3. The van der Waals surface area contributed by atoms with Crippen molar-refractivity contribution in [2.24, 2.45) is 10.1 Å². The van der Waals surface area contributed by atoms with E-state index in [0.717, 1.165) is 16.8 Å². The van der Waals surface area contributed by atoms with Crippen molar-refractivity contribution in [2.75, 3.05) is 0 Å². The van der Waals surface area contributed by atoms with Gasteiger partial charge in [0.1, 0.15) is 6.34 Å². The maximum Gasteiger partial charge on any atom is 0.135 e. The highest BCUT2D eigenvalue weighted by Crippen LogP contribution is 2.14. The summed E-state index contributed by atoms with van der Waals surface area (Å²) in [5.41, 5.74) is 3.18. The average Bonchev–Trinajstić information content (AvgIpc) is 2.60. The smallest absolute Gasteiger partial charge is 0.135 e. The molecule has 3 heteroatoms. The number of aliphatic imine (C=N–C) groups is 1. The Morgan fingerprint density at radius 3 is 2.47 bits per heavy atom. The Labute approximate surface area is 91.8 Å². The quantitative estimate of drug-likeness (QED) is 0.535. The van der Waals surface area contributed by atoms with Crippen molar-refractivity contribution < 1.29 is 0 Å². The van der Waals surface area contributed by atoms with Crippen LogP contribution in [0.1, 0.15) is 32.0 Å². The van der Waals surface area contributed by atoms with Gasteiger partial charge in [0.05, 0.1) is 0 Å². The first-order chi connectivity index (χ1) is 7.15. The summed E-state index contributed by atoms with van der Waals surface area (Å²) in [5.74, 6) is 0. The van der Waals surface area contributed by atoms with Gasteiger partial charge in [-0.05, 0) is 37.8 Å². The van der Waals surface area contributed by atoms with E-state index in [1.807, 2.05) is 40.0 Å². The highest BCUT2D eigenvalue weighted by molar-refractivity contribution is 5.63. The van der Waals surface area contributed by atoms with Crippen LogP contribution in [0.25, 0.3) is 5.57 Å². The molecule has 0 bridgehead atoms. The molecule has 0 aromatic carbocycles. The third-order valence-corrected chi connectivity index (χ3v) is 1.74. The lowest BCUT2D eigenvalue weighted by Gasteiger charge is -1.93. The van der Waals surface area contributed by atoms with Crippen LogP contribution in [0.2, 0.25) is 0 Å². The van der Waals surface area contributed by atoms with Gasteiger partial charge in [-0.25, -0.2) is 4.68 Å². The molecule has 0 N–H and O–H groups in total. The van der Waals surface area contributed by atoms with E-state index >= 15 is 0 Å². The molecular formula is C12H19N3. The lowest BCUT2D eigenvalue weighted by molar-refractivity contribution is 0.851. The second kappa shape index (κ2) is 6.76. The molecule has 3 nitrogen and oxygen atoms in total. The molecule has 0 aliphatic rings. The standard InChI is InChI=1S/C10H13N3.C2H6/c1-8(2)10-5-9(3)13(6-10)12-7-11-4;1-2/h5-7H,1,4H2,2-3H3;1-2H3/b12-7-;. The van der Waals surface area contributed by atoms with E-state index in [9.17, 15) is 0 Å². The van der Waals surface area contributed by atoms with Crippen molar-refractivity contribution in [1.82, 2.24) is 4.68 Å². The minimum atomic E-state index is 1.03. The second-order valence-electron chi connectivity index (χ2n) is 2.91. The molecule has 0 fully saturated rings. The first kappa shape index (κ1) is 13.4. The summed E-state index contributed by atoms with van der Waals surface area (Å²) in [5, 5.41) is 4.05. The van der Waals surface area contributed by atoms with Gasteiger partial charge in [-0.2, -0.15) is 5.10 Å². The van der Waals surface area contributed by atoms with E-state index in [1.165, 1.54) is 6.34 Å². The topological polar surface area (TPSA) is 29.6 Å². The lowest BCUT2D eigenvalue weighted by atomic mass is 10.2. The largest absolute Gasteiger partial charge is 0.251 e. The monoisotopic (exact) mass is 205 g/mol. The minimum absolute atomic E-state index is 1.03. The molecule has 1 rings (SSSR count). The summed E-state index contributed by atoms with van der Waals surface area (Å²) in [4.78, 5) is 3.54. The molecule has 82 valence electrons. The summed E-state index contributed by atoms with van der Waals surface area (Å²) in [6, 6.07) is 2.03. The highest BCUT2D eigenvalue weighted by Gasteiger charge is 2.00. The Morgan fingerprint density at radius 1 is 1.47 bits per heavy atom. The zero-order valence-corrected chi connectivity index (χ0v) is 9.99. The first-order valence-corrected chi connectivity index (χ1v) is 4.98. The van der Waals surface area contributed by atoms with Crippen molar-refractivity contribution in [3.63, 3.8) is 0 Å². The molecule has 15 heavy (non-hydrogen) atoms. The van der Waals surface area contributed by atoms with Gasteiger partial charge < -0.3 is 0 Å². The lowest BCUT2D eigenvalue weighted by Crippen LogP contribution is -1.87. The predicted octanol–water partition coefficient (Wildman–Crippen LogP) is 3.35. The van der Waals surface area contributed by atoms with Crippen LogP contribution in [0.15, 0.2) is 28.9 Å². The van der Waals surface area contributed by atoms with Gasteiger partial charge >= 0.3 is 0 Å². The average molecular weight is 205 g/mol. The van der Waals surface area contributed by atoms with Crippen molar-refractivity contribution in [1.29, 1.82) is 0 Å². The molecule has 1 aromatic heterocycles. The maximum atomic E-state index is 4.05. The molecule has 0 amide bonds. The van der Waals surface area contributed by atoms with Gasteiger partial charge in [0.25, 0.3) is 0 Å². The van der Waals surface area contributed by atoms with Gasteiger partial charge in [0, 0.05) is 11.9 Å². The molecule has 0 saturated heterocycles.